The van der Waals surface area contributed by atoms with Gasteiger partial charge in [0.2, 0.25) is 0 Å². The lowest BCUT2D eigenvalue weighted by Gasteiger charge is -2.07. The molecule has 0 fully saturated rings. The molecule has 0 N–H and O–H groups in total. The van der Waals surface area contributed by atoms with E-state index in [4.69, 9.17) is 4.74 Å². The van der Waals surface area contributed by atoms with Gasteiger partial charge in [0.25, 0.3) is 5.56 Å². The highest BCUT2D eigenvalue weighted by atomic mass is 16.5. The van der Waals surface area contributed by atoms with E-state index in [9.17, 15) is 9.59 Å². The summed E-state index contributed by atoms with van der Waals surface area (Å²) in [6.07, 6.45) is 1.46. The number of hydrogen-bond acceptors (Lipinski definition) is 5. The van der Waals surface area contributed by atoms with Crippen molar-refractivity contribution in [2.45, 2.75) is 20.5 Å². The number of aryl methyl sites for hydroxylation is 4. The first-order valence-electron chi connectivity index (χ1n) is 6.09. The lowest BCUT2D eigenvalue weighted by Crippen LogP contribution is -2.21. The number of rotatable bonds is 3. The van der Waals surface area contributed by atoms with Crippen LogP contribution in [0.15, 0.2) is 17.1 Å². The third-order valence-electron chi connectivity index (χ3n) is 3.08. The quantitative estimate of drug-likeness (QED) is 0.762. The van der Waals surface area contributed by atoms with Crippen LogP contribution >= 0.6 is 0 Å². The third kappa shape index (κ3) is 2.61. The first-order valence-corrected chi connectivity index (χ1v) is 6.09. The molecule has 0 atom stereocenters. The number of esters is 1. The lowest BCUT2D eigenvalue weighted by atomic mass is 10.2. The van der Waals surface area contributed by atoms with Gasteiger partial charge in [-0.3, -0.25) is 4.79 Å². The fourth-order valence-corrected chi connectivity index (χ4v) is 1.88. The highest BCUT2D eigenvalue weighted by molar-refractivity contribution is 5.89. The van der Waals surface area contributed by atoms with Crippen LogP contribution in [0.1, 0.15) is 27.3 Å². The Labute approximate surface area is 115 Å². The molecule has 0 aliphatic rings. The van der Waals surface area contributed by atoms with E-state index in [1.165, 1.54) is 16.8 Å². The van der Waals surface area contributed by atoms with Gasteiger partial charge >= 0.3 is 5.97 Å². The van der Waals surface area contributed by atoms with E-state index in [1.54, 1.807) is 32.6 Å². The van der Waals surface area contributed by atoms with Crippen molar-refractivity contribution in [2.24, 2.45) is 14.1 Å². The van der Waals surface area contributed by atoms with Crippen LogP contribution in [-0.2, 0) is 25.4 Å². The van der Waals surface area contributed by atoms with Gasteiger partial charge < -0.3 is 9.30 Å². The predicted octanol–water partition coefficient (Wildman–Crippen LogP) is 0.488. The van der Waals surface area contributed by atoms with E-state index in [-0.39, 0.29) is 12.2 Å². The second kappa shape index (κ2) is 5.28. The van der Waals surface area contributed by atoms with Crippen molar-refractivity contribution < 1.29 is 9.53 Å². The first kappa shape index (κ1) is 14.0. The maximum Gasteiger partial charge on any atom is 0.340 e. The van der Waals surface area contributed by atoms with Crippen LogP contribution in [0.4, 0.5) is 0 Å². The van der Waals surface area contributed by atoms with E-state index < -0.39 is 5.97 Å². The van der Waals surface area contributed by atoms with E-state index in [2.05, 4.69) is 10.3 Å². The molecular weight excluding hydrogens is 260 g/mol. The average molecular weight is 276 g/mol. The molecule has 0 saturated carbocycles. The van der Waals surface area contributed by atoms with Crippen LogP contribution in [0, 0.1) is 13.8 Å². The number of carbonyl (C=O) groups is 1. The highest BCUT2D eigenvalue weighted by Crippen LogP contribution is 2.07. The molecule has 0 bridgehead atoms. The summed E-state index contributed by atoms with van der Waals surface area (Å²) in [6, 6.07) is 1.53. The largest absolute Gasteiger partial charge is 0.455 e. The molecule has 0 amide bonds. The van der Waals surface area contributed by atoms with Crippen LogP contribution < -0.4 is 5.56 Å². The van der Waals surface area contributed by atoms with Gasteiger partial charge in [-0.25, -0.2) is 9.48 Å². The number of ether oxygens (including phenoxy) is 1. The Morgan fingerprint density at radius 1 is 1.35 bits per heavy atom. The maximum atomic E-state index is 12.0. The topological polar surface area (TPSA) is 79.0 Å². The fourth-order valence-electron chi connectivity index (χ4n) is 1.88. The number of aromatic nitrogens is 4. The van der Waals surface area contributed by atoms with Crippen LogP contribution in [0.2, 0.25) is 0 Å². The lowest BCUT2D eigenvalue weighted by molar-refractivity contribution is 0.0461. The minimum atomic E-state index is -0.482. The summed E-state index contributed by atoms with van der Waals surface area (Å²) in [7, 11) is 3.33. The zero-order valence-corrected chi connectivity index (χ0v) is 11.9. The molecule has 2 rings (SSSR count). The standard InChI is InChI=1S/C13H16N4O3/c1-8-5-10(6-16(3)12(8)18)13(19)20-7-11-9(2)14-15-17(11)4/h5-6H,7H2,1-4H3. The normalized spacial score (nSPS) is 10.6. The second-order valence-electron chi connectivity index (χ2n) is 4.65. The third-order valence-corrected chi connectivity index (χ3v) is 3.08. The van der Waals surface area contributed by atoms with Gasteiger partial charge in [0.15, 0.2) is 0 Å². The van der Waals surface area contributed by atoms with Crippen molar-refractivity contribution >= 4 is 5.97 Å². The first-order chi connectivity index (χ1) is 9.40. The van der Waals surface area contributed by atoms with Crippen LogP contribution in [0.5, 0.6) is 0 Å². The summed E-state index contributed by atoms with van der Waals surface area (Å²) in [4.78, 5) is 23.6. The number of carbonyl (C=O) groups excluding carboxylic acids is 1. The predicted molar refractivity (Wildman–Crippen MR) is 71.3 cm³/mol. The zero-order chi connectivity index (χ0) is 14.9. The van der Waals surface area contributed by atoms with Crippen molar-refractivity contribution in [1.29, 1.82) is 0 Å². The average Bonchev–Trinajstić information content (AvgIpc) is 2.72. The van der Waals surface area contributed by atoms with Gasteiger partial charge in [-0.2, -0.15) is 0 Å². The molecule has 7 nitrogen and oxygen atoms in total. The molecule has 20 heavy (non-hydrogen) atoms. The fraction of sp³-hybridized carbons (Fsp3) is 0.385. The Morgan fingerprint density at radius 3 is 2.60 bits per heavy atom. The number of nitrogens with zero attached hydrogens (tertiary/aromatic N) is 4. The molecule has 2 aromatic rings. The monoisotopic (exact) mass is 276 g/mol. The molecule has 0 aliphatic heterocycles. The SMILES string of the molecule is Cc1nnn(C)c1COC(=O)c1cc(C)c(=O)n(C)c1. The smallest absolute Gasteiger partial charge is 0.340 e. The summed E-state index contributed by atoms with van der Waals surface area (Å²) < 4.78 is 8.16. The van der Waals surface area contributed by atoms with Crippen LogP contribution in [0.3, 0.4) is 0 Å². The molecule has 0 aromatic carbocycles. The second-order valence-corrected chi connectivity index (χ2v) is 4.65. The van der Waals surface area contributed by atoms with E-state index in [1.807, 2.05) is 0 Å². The summed E-state index contributed by atoms with van der Waals surface area (Å²) in [5.41, 5.74) is 2.17. The number of hydrogen-bond donors (Lipinski definition) is 0. The highest BCUT2D eigenvalue weighted by Gasteiger charge is 2.13. The summed E-state index contributed by atoms with van der Waals surface area (Å²) >= 11 is 0. The molecule has 0 spiro atoms. The molecule has 2 aromatic heterocycles. The van der Waals surface area contributed by atoms with Crippen molar-refractivity contribution in [2.75, 3.05) is 0 Å². The van der Waals surface area contributed by atoms with E-state index >= 15 is 0 Å². The zero-order valence-electron chi connectivity index (χ0n) is 11.9. The van der Waals surface area contributed by atoms with Crippen LogP contribution in [0.25, 0.3) is 0 Å². The molecule has 7 heteroatoms. The Kier molecular flexibility index (Phi) is 3.69. The van der Waals surface area contributed by atoms with Gasteiger partial charge in [0.05, 0.1) is 17.0 Å². The van der Waals surface area contributed by atoms with Crippen molar-refractivity contribution in [3.63, 3.8) is 0 Å². The Balaban J connectivity index is 2.15. The van der Waals surface area contributed by atoms with Gasteiger partial charge in [-0.05, 0) is 19.9 Å². The summed E-state index contributed by atoms with van der Waals surface area (Å²) in [5, 5.41) is 7.72. The minimum Gasteiger partial charge on any atom is -0.455 e. The maximum absolute atomic E-state index is 12.0. The van der Waals surface area contributed by atoms with Crippen LogP contribution in [-0.4, -0.2) is 25.5 Å². The summed E-state index contributed by atoms with van der Waals surface area (Å²) in [6.45, 7) is 3.55. The molecule has 106 valence electrons. The molecule has 0 aliphatic carbocycles. The summed E-state index contributed by atoms with van der Waals surface area (Å²) in [5.74, 6) is -0.482. The van der Waals surface area contributed by atoms with Crippen molar-refractivity contribution in [1.82, 2.24) is 19.6 Å². The number of pyridine rings is 1. The van der Waals surface area contributed by atoms with E-state index in [0.717, 1.165) is 11.4 Å². The molecular formula is C13H16N4O3. The van der Waals surface area contributed by atoms with Crippen molar-refractivity contribution in [3.8, 4) is 0 Å². The molecule has 0 saturated heterocycles. The van der Waals surface area contributed by atoms with E-state index in [0.29, 0.717) is 11.1 Å². The van der Waals surface area contributed by atoms with Gasteiger partial charge in [0.1, 0.15) is 6.61 Å². The van der Waals surface area contributed by atoms with Gasteiger partial charge in [0, 0.05) is 25.9 Å². The molecule has 0 radical (unpaired) electrons. The van der Waals surface area contributed by atoms with Gasteiger partial charge in [-0.15, -0.1) is 5.10 Å². The molecule has 0 unspecified atom stereocenters. The van der Waals surface area contributed by atoms with Crippen molar-refractivity contribution in [3.05, 3.63) is 45.1 Å². The Morgan fingerprint density at radius 2 is 2.05 bits per heavy atom. The molecule has 2 heterocycles. The Hall–Kier alpha value is -2.44. The minimum absolute atomic E-state index is 0.0933. The Bertz CT molecular complexity index is 669. The van der Waals surface area contributed by atoms with Gasteiger partial charge in [-0.1, -0.05) is 5.21 Å².